The number of nitrogens with one attached hydrogen (secondary N) is 2. The van der Waals surface area contributed by atoms with E-state index in [9.17, 15) is 4.79 Å². The van der Waals surface area contributed by atoms with E-state index in [4.69, 9.17) is 27.6 Å². The second-order valence-corrected chi connectivity index (χ2v) is 5.73. The number of furan rings is 1. The molecule has 0 bridgehead atoms. The van der Waals surface area contributed by atoms with Gasteiger partial charge in [0, 0.05) is 6.07 Å². The van der Waals surface area contributed by atoms with Gasteiger partial charge >= 0.3 is 0 Å². The lowest BCUT2D eigenvalue weighted by molar-refractivity contribution is 0.0950. The van der Waals surface area contributed by atoms with Crippen LogP contribution in [0, 0.1) is 0 Å². The van der Waals surface area contributed by atoms with E-state index in [-0.39, 0.29) is 5.69 Å². The van der Waals surface area contributed by atoms with Gasteiger partial charge in [0.1, 0.15) is 5.69 Å². The van der Waals surface area contributed by atoms with E-state index in [2.05, 4.69) is 20.7 Å². The molecule has 0 atom stereocenters. The number of nitrogens with zero attached hydrogens (tertiary/aromatic N) is 2. The van der Waals surface area contributed by atoms with Crippen LogP contribution in [0.3, 0.4) is 0 Å². The first-order chi connectivity index (χ1) is 11.5. The Balaban J connectivity index is 1.71. The minimum Gasteiger partial charge on any atom is -0.463 e. The number of amides is 1. The number of aromatic amines is 1. The highest BCUT2D eigenvalue weighted by Crippen LogP contribution is 2.23. The molecule has 2 aromatic heterocycles. The molecule has 0 spiro atoms. The molecule has 0 aliphatic heterocycles. The average molecular weight is 363 g/mol. The molecule has 2 heterocycles. The molecule has 3 rings (SSSR count). The Morgan fingerprint density at radius 1 is 1.25 bits per heavy atom. The van der Waals surface area contributed by atoms with Crippen molar-refractivity contribution >= 4 is 34.8 Å². The summed E-state index contributed by atoms with van der Waals surface area (Å²) in [5.41, 5.74) is 4.60. The summed E-state index contributed by atoms with van der Waals surface area (Å²) < 4.78 is 5.24. The van der Waals surface area contributed by atoms with Crippen molar-refractivity contribution in [2.24, 2.45) is 5.10 Å². The molecular formula is C16H12Cl2N4O2. The van der Waals surface area contributed by atoms with Crippen LogP contribution in [-0.4, -0.2) is 21.8 Å². The number of carbonyl (C=O) groups is 1. The van der Waals surface area contributed by atoms with Crippen LogP contribution in [0.4, 0.5) is 0 Å². The van der Waals surface area contributed by atoms with E-state index < -0.39 is 5.91 Å². The maximum absolute atomic E-state index is 12.1. The molecule has 0 aliphatic rings. The highest BCUT2D eigenvalue weighted by Gasteiger charge is 2.12. The van der Waals surface area contributed by atoms with E-state index in [1.807, 2.05) is 0 Å². The van der Waals surface area contributed by atoms with Crippen LogP contribution in [0.25, 0.3) is 11.5 Å². The standard InChI is InChI=1S/C16H12Cl2N4O2/c1-9(10-4-5-11(17)12(18)7-10)19-22-16(23)14-8-13(20-21-14)15-3-2-6-24-15/h2-8H,1H3,(H,20,21)(H,22,23). The monoisotopic (exact) mass is 362 g/mol. The molecular weight excluding hydrogens is 351 g/mol. The van der Waals surface area contributed by atoms with Crippen LogP contribution in [-0.2, 0) is 0 Å². The SMILES string of the molecule is CC(=NNC(=O)c1cc(-c2ccco2)[nH]n1)c1ccc(Cl)c(Cl)c1. The average Bonchev–Trinajstić information content (AvgIpc) is 3.25. The van der Waals surface area contributed by atoms with Crippen LogP contribution in [0.5, 0.6) is 0 Å². The van der Waals surface area contributed by atoms with Crippen molar-refractivity contribution in [2.45, 2.75) is 6.92 Å². The predicted molar refractivity (Wildman–Crippen MR) is 92.4 cm³/mol. The maximum Gasteiger partial charge on any atom is 0.291 e. The lowest BCUT2D eigenvalue weighted by atomic mass is 10.1. The fourth-order valence-corrected chi connectivity index (χ4v) is 2.27. The summed E-state index contributed by atoms with van der Waals surface area (Å²) in [5.74, 6) is 0.153. The van der Waals surface area contributed by atoms with Gasteiger partial charge < -0.3 is 4.42 Å². The van der Waals surface area contributed by atoms with Crippen molar-refractivity contribution in [3.63, 3.8) is 0 Å². The van der Waals surface area contributed by atoms with Gasteiger partial charge in [-0.05, 0) is 36.8 Å². The van der Waals surface area contributed by atoms with Gasteiger partial charge in [0.05, 0.1) is 22.0 Å². The molecule has 8 heteroatoms. The van der Waals surface area contributed by atoms with Crippen molar-refractivity contribution in [3.05, 3.63) is 64.0 Å². The van der Waals surface area contributed by atoms with Gasteiger partial charge in [-0.15, -0.1) is 0 Å². The number of hydrogen-bond acceptors (Lipinski definition) is 4. The van der Waals surface area contributed by atoms with E-state index in [0.717, 1.165) is 5.56 Å². The fourth-order valence-electron chi connectivity index (χ4n) is 1.97. The highest BCUT2D eigenvalue weighted by atomic mass is 35.5. The van der Waals surface area contributed by atoms with Crippen LogP contribution >= 0.6 is 23.2 Å². The van der Waals surface area contributed by atoms with Crippen LogP contribution in [0.15, 0.2) is 52.2 Å². The van der Waals surface area contributed by atoms with Gasteiger partial charge in [-0.3, -0.25) is 9.89 Å². The van der Waals surface area contributed by atoms with Gasteiger partial charge in [0.2, 0.25) is 0 Å². The van der Waals surface area contributed by atoms with Crippen molar-refractivity contribution in [1.82, 2.24) is 15.6 Å². The van der Waals surface area contributed by atoms with Crippen molar-refractivity contribution in [1.29, 1.82) is 0 Å². The molecule has 1 amide bonds. The first kappa shape index (κ1) is 16.3. The minimum atomic E-state index is -0.441. The number of hydrogen-bond donors (Lipinski definition) is 2. The number of benzene rings is 1. The number of halogens is 2. The van der Waals surface area contributed by atoms with Crippen LogP contribution in [0.2, 0.25) is 10.0 Å². The Bertz CT molecular complexity index is 901. The van der Waals surface area contributed by atoms with Crippen molar-refractivity contribution in [3.8, 4) is 11.5 Å². The number of H-pyrrole nitrogens is 1. The lowest BCUT2D eigenvalue weighted by Crippen LogP contribution is -2.19. The van der Waals surface area contributed by atoms with Gasteiger partial charge in [0.15, 0.2) is 11.5 Å². The number of carbonyl (C=O) groups excluding carboxylic acids is 1. The van der Waals surface area contributed by atoms with Crippen molar-refractivity contribution in [2.75, 3.05) is 0 Å². The third-order valence-corrected chi connectivity index (χ3v) is 4.00. The summed E-state index contributed by atoms with van der Waals surface area (Å²) in [5, 5.41) is 11.6. The quantitative estimate of drug-likeness (QED) is 0.540. The third kappa shape index (κ3) is 3.50. The predicted octanol–water partition coefficient (Wildman–Crippen LogP) is 4.13. The molecule has 6 nitrogen and oxygen atoms in total. The summed E-state index contributed by atoms with van der Waals surface area (Å²) in [4.78, 5) is 12.1. The molecule has 1 aromatic carbocycles. The lowest BCUT2D eigenvalue weighted by Gasteiger charge is -2.03. The van der Waals surface area contributed by atoms with Crippen molar-refractivity contribution < 1.29 is 9.21 Å². The Hall–Kier alpha value is -2.57. The second kappa shape index (κ2) is 6.90. The van der Waals surface area contributed by atoms with Gasteiger partial charge in [-0.2, -0.15) is 10.2 Å². The molecule has 0 fully saturated rings. The first-order valence-corrected chi connectivity index (χ1v) is 7.69. The molecule has 0 saturated heterocycles. The van der Waals surface area contributed by atoms with E-state index in [1.165, 1.54) is 0 Å². The fraction of sp³-hybridized carbons (Fsp3) is 0.0625. The van der Waals surface area contributed by atoms with E-state index in [1.54, 1.807) is 49.6 Å². The number of rotatable bonds is 4. The third-order valence-electron chi connectivity index (χ3n) is 3.26. The molecule has 2 N–H and O–H groups in total. The Kier molecular flexibility index (Phi) is 4.69. The molecule has 0 unspecified atom stereocenters. The normalized spacial score (nSPS) is 11.5. The molecule has 0 radical (unpaired) electrons. The van der Waals surface area contributed by atoms with Crippen LogP contribution in [0.1, 0.15) is 23.0 Å². The molecule has 122 valence electrons. The Morgan fingerprint density at radius 3 is 2.79 bits per heavy atom. The minimum absolute atomic E-state index is 0.201. The Morgan fingerprint density at radius 2 is 2.08 bits per heavy atom. The molecule has 0 saturated carbocycles. The molecule has 3 aromatic rings. The van der Waals surface area contributed by atoms with E-state index >= 15 is 0 Å². The summed E-state index contributed by atoms with van der Waals surface area (Å²) in [6.07, 6.45) is 1.54. The number of hydrazone groups is 1. The summed E-state index contributed by atoms with van der Waals surface area (Å²) in [6, 6.07) is 10.2. The zero-order valence-corrected chi connectivity index (χ0v) is 14.0. The van der Waals surface area contributed by atoms with Gasteiger partial charge in [-0.1, -0.05) is 29.3 Å². The summed E-state index contributed by atoms with van der Waals surface area (Å²) in [6.45, 7) is 1.75. The Labute approximate surface area is 147 Å². The highest BCUT2D eigenvalue weighted by molar-refractivity contribution is 6.42. The zero-order valence-electron chi connectivity index (χ0n) is 12.5. The van der Waals surface area contributed by atoms with Gasteiger partial charge in [-0.25, -0.2) is 5.43 Å². The second-order valence-electron chi connectivity index (χ2n) is 4.91. The first-order valence-electron chi connectivity index (χ1n) is 6.94. The molecule has 0 aliphatic carbocycles. The molecule has 24 heavy (non-hydrogen) atoms. The summed E-state index contributed by atoms with van der Waals surface area (Å²) >= 11 is 11.8. The summed E-state index contributed by atoms with van der Waals surface area (Å²) in [7, 11) is 0. The maximum atomic E-state index is 12.1. The number of aromatic nitrogens is 2. The van der Waals surface area contributed by atoms with Gasteiger partial charge in [0.25, 0.3) is 5.91 Å². The van der Waals surface area contributed by atoms with E-state index in [0.29, 0.717) is 27.2 Å². The zero-order chi connectivity index (χ0) is 17.1. The largest absolute Gasteiger partial charge is 0.463 e. The smallest absolute Gasteiger partial charge is 0.291 e. The topological polar surface area (TPSA) is 83.3 Å². The van der Waals surface area contributed by atoms with Crippen LogP contribution < -0.4 is 5.43 Å².